The summed E-state index contributed by atoms with van der Waals surface area (Å²) in [7, 11) is 10.2. The summed E-state index contributed by atoms with van der Waals surface area (Å²) in [6.07, 6.45) is 10.9. The maximum absolute atomic E-state index is 5.10. The van der Waals surface area contributed by atoms with Crippen molar-refractivity contribution in [2.24, 2.45) is 0 Å². The Hall–Kier alpha value is -0.136. The first-order valence-corrected chi connectivity index (χ1v) is 13.5. The molecule has 0 nitrogen and oxygen atoms in total. The van der Waals surface area contributed by atoms with Gasteiger partial charge in [0.15, 0.2) is 0 Å². The van der Waals surface area contributed by atoms with Crippen LogP contribution in [0.25, 0.3) is 0 Å². The molecule has 0 atom stereocenters. The second-order valence-corrected chi connectivity index (χ2v) is 11.5. The summed E-state index contributed by atoms with van der Waals surface area (Å²) in [5.41, 5.74) is 6.39. The summed E-state index contributed by atoms with van der Waals surface area (Å²) in [5.74, 6) is 0. The number of halogens is 2. The van der Waals surface area contributed by atoms with E-state index in [9.17, 15) is 0 Å². The van der Waals surface area contributed by atoms with E-state index in [0.29, 0.717) is 0 Å². The van der Waals surface area contributed by atoms with Gasteiger partial charge in [-0.15, -0.1) is 0 Å². The van der Waals surface area contributed by atoms with Crippen LogP contribution in [0.5, 0.6) is 0 Å². The molecular formula is C19H24Cl2Ti-2. The maximum atomic E-state index is 5.10. The zero-order chi connectivity index (χ0) is 15.8. The average Bonchev–Trinajstić information content (AvgIpc) is 3.16. The van der Waals surface area contributed by atoms with Crippen LogP contribution in [0.3, 0.4) is 0 Å². The molecule has 2 aliphatic carbocycles. The molecule has 2 aliphatic rings. The van der Waals surface area contributed by atoms with Crippen molar-refractivity contribution in [3.63, 3.8) is 0 Å². The van der Waals surface area contributed by atoms with Crippen LogP contribution >= 0.6 is 18.6 Å². The molecule has 0 bridgehead atoms. The summed E-state index contributed by atoms with van der Waals surface area (Å²) in [4.78, 5) is 3.34. The van der Waals surface area contributed by atoms with Crippen molar-refractivity contribution in [3.05, 3.63) is 58.7 Å². The van der Waals surface area contributed by atoms with Gasteiger partial charge in [0, 0.05) is 0 Å². The van der Waals surface area contributed by atoms with Crippen molar-refractivity contribution >= 4 is 23.4 Å². The molecule has 2 aromatic carbocycles. The Kier molecular flexibility index (Phi) is 8.18. The third kappa shape index (κ3) is 6.16. The number of rotatable bonds is 0. The zero-order valence-electron chi connectivity index (χ0n) is 13.1. The molecule has 120 valence electrons. The summed E-state index contributed by atoms with van der Waals surface area (Å²) >= 11 is -1.64. The SMILES string of the molecule is [CH2]=[Ti]([Cl])[Cl].c1cc2c([cH-]1)CCCC2.c1cc2c([cH-]1)CCCC2. The predicted molar refractivity (Wildman–Crippen MR) is 96.2 cm³/mol. The fraction of sp³-hybridized carbons (Fsp3) is 0.421. The van der Waals surface area contributed by atoms with Gasteiger partial charge in [0.05, 0.1) is 0 Å². The van der Waals surface area contributed by atoms with Crippen molar-refractivity contribution in [2.75, 3.05) is 0 Å². The van der Waals surface area contributed by atoms with Gasteiger partial charge in [0.25, 0.3) is 0 Å². The Morgan fingerprint density at radius 2 is 1.14 bits per heavy atom. The van der Waals surface area contributed by atoms with Crippen LogP contribution in [0, 0.1) is 0 Å². The van der Waals surface area contributed by atoms with Gasteiger partial charge in [-0.2, -0.15) is 46.5 Å². The first-order chi connectivity index (χ1) is 10.7. The molecule has 0 saturated carbocycles. The quantitative estimate of drug-likeness (QED) is 0.399. The molecule has 0 aliphatic heterocycles. The molecule has 3 heteroatoms. The third-order valence-electron chi connectivity index (χ3n) is 4.30. The average molecular weight is 371 g/mol. The minimum Gasteiger partial charge on any atom is -0.210 e. The van der Waals surface area contributed by atoms with Crippen molar-refractivity contribution in [1.29, 1.82) is 0 Å². The molecule has 22 heavy (non-hydrogen) atoms. The molecular weight excluding hydrogens is 347 g/mol. The minimum atomic E-state index is -1.64. The first-order valence-electron chi connectivity index (χ1n) is 8.13. The van der Waals surface area contributed by atoms with E-state index in [2.05, 4.69) is 41.2 Å². The van der Waals surface area contributed by atoms with Gasteiger partial charge in [-0.25, -0.2) is 12.1 Å². The molecule has 2 aromatic rings. The van der Waals surface area contributed by atoms with Gasteiger partial charge in [0.2, 0.25) is 0 Å². The van der Waals surface area contributed by atoms with Gasteiger partial charge in [-0.05, 0) is 0 Å². The van der Waals surface area contributed by atoms with Crippen LogP contribution in [0.15, 0.2) is 36.4 Å². The summed E-state index contributed by atoms with van der Waals surface area (Å²) < 4.78 is 0. The van der Waals surface area contributed by atoms with Gasteiger partial charge in [-0.1, -0.05) is 51.4 Å². The van der Waals surface area contributed by atoms with E-state index >= 15 is 0 Å². The molecule has 0 saturated heterocycles. The smallest absolute Gasteiger partial charge is 0.0512 e. The van der Waals surface area contributed by atoms with E-state index in [1.54, 1.807) is 22.3 Å². The van der Waals surface area contributed by atoms with Gasteiger partial charge in [-0.3, -0.25) is 0 Å². The number of hydrogen-bond acceptors (Lipinski definition) is 0. The van der Waals surface area contributed by atoms with Crippen LogP contribution in [-0.2, 0) is 41.0 Å². The number of fused-ring (bicyclic) bond motifs is 2. The Morgan fingerprint density at radius 3 is 1.50 bits per heavy atom. The Labute approximate surface area is 148 Å². The zero-order valence-corrected chi connectivity index (χ0v) is 16.2. The van der Waals surface area contributed by atoms with Gasteiger partial charge >= 0.3 is 38.7 Å². The van der Waals surface area contributed by atoms with E-state index < -0.39 is 15.3 Å². The summed E-state index contributed by atoms with van der Waals surface area (Å²) in [6.45, 7) is 0. The molecule has 4 rings (SSSR count). The molecule has 0 heterocycles. The van der Waals surface area contributed by atoms with E-state index in [1.807, 2.05) is 0 Å². The second kappa shape index (κ2) is 9.88. The molecule has 0 aromatic heterocycles. The van der Waals surface area contributed by atoms with Crippen molar-refractivity contribution in [2.45, 2.75) is 51.4 Å². The van der Waals surface area contributed by atoms with Gasteiger partial charge < -0.3 is 0 Å². The number of aryl methyl sites for hydroxylation is 4. The monoisotopic (exact) mass is 370 g/mol. The molecule has 0 unspecified atom stereocenters. The predicted octanol–water partition coefficient (Wildman–Crippen LogP) is 5.91. The van der Waals surface area contributed by atoms with Crippen molar-refractivity contribution in [3.8, 4) is 0 Å². The second-order valence-electron chi connectivity index (χ2n) is 5.91. The van der Waals surface area contributed by atoms with Crippen LogP contribution < -0.4 is 0 Å². The molecule has 0 N–H and O–H groups in total. The Bertz CT molecular complexity index is 489. The molecule has 0 spiro atoms. The Morgan fingerprint density at radius 1 is 0.773 bits per heavy atom. The topological polar surface area (TPSA) is 0 Å². The van der Waals surface area contributed by atoms with E-state index in [-0.39, 0.29) is 0 Å². The van der Waals surface area contributed by atoms with Crippen LogP contribution in [0.2, 0.25) is 0 Å². The van der Waals surface area contributed by atoms with Crippen LogP contribution in [0.4, 0.5) is 0 Å². The molecule has 0 amide bonds. The van der Waals surface area contributed by atoms with Crippen molar-refractivity contribution < 1.29 is 15.3 Å². The molecule has 0 fully saturated rings. The number of hydrogen-bond donors (Lipinski definition) is 0. The van der Waals surface area contributed by atoms with E-state index in [4.69, 9.17) is 18.6 Å². The third-order valence-corrected chi connectivity index (χ3v) is 4.30. The fourth-order valence-electron chi connectivity index (χ4n) is 3.23. The fourth-order valence-corrected chi connectivity index (χ4v) is 3.23. The standard InChI is InChI=1S/2C9H11.CH2.2ClH.Ti/c2*1-2-5-9-7-3-6-8(9)4-1;;;;/h2*3,6-7H,1-2,4-5H2;1H2;2*1H;/q2*-1;;;;+2/p-2. The summed E-state index contributed by atoms with van der Waals surface area (Å²) in [6, 6.07) is 13.4. The van der Waals surface area contributed by atoms with Crippen LogP contribution in [-0.4, -0.2) is 4.82 Å². The maximum Gasteiger partial charge on any atom is -0.0512 e. The van der Waals surface area contributed by atoms with Gasteiger partial charge in [0.1, 0.15) is 0 Å². The van der Waals surface area contributed by atoms with E-state index in [0.717, 1.165) is 0 Å². The Balaban J connectivity index is 0.000000131. The minimum absolute atomic E-state index is 1.32. The normalized spacial score (nSPS) is 15.4. The van der Waals surface area contributed by atoms with Crippen LogP contribution in [0.1, 0.15) is 47.9 Å². The first kappa shape index (κ1) is 18.2. The van der Waals surface area contributed by atoms with Crippen molar-refractivity contribution in [1.82, 2.24) is 0 Å². The van der Waals surface area contributed by atoms with E-state index in [1.165, 1.54) is 51.4 Å². The summed E-state index contributed by atoms with van der Waals surface area (Å²) in [5, 5.41) is 0. The largest absolute Gasteiger partial charge is 0.210 e. The molecule has 0 radical (unpaired) electrons.